The molecule has 1 aromatic carbocycles. The van der Waals surface area contributed by atoms with Crippen LogP contribution in [-0.4, -0.2) is 42.9 Å². The summed E-state index contributed by atoms with van der Waals surface area (Å²) in [4.78, 5) is 6.56. The molecular weight excluding hydrogens is 491 g/mol. The summed E-state index contributed by atoms with van der Waals surface area (Å²) in [5.74, 6) is 2.56. The predicted molar refractivity (Wildman–Crippen MR) is 122 cm³/mol. The maximum atomic E-state index is 6.10. The molecule has 2 heterocycles. The molecule has 0 saturated heterocycles. The smallest absolute Gasteiger partial charge is 0.231 e. The van der Waals surface area contributed by atoms with E-state index in [1.54, 1.807) is 0 Å². The van der Waals surface area contributed by atoms with Crippen molar-refractivity contribution in [2.45, 2.75) is 24.8 Å². The standard InChI is InChI=1S/C20H25ClN4O2.HI/c1-22-19(25(3)11-16-9-15(21)10-24(16)2)23-12-20(6-7-20)14-4-5-17-18(8-14)27-13-26-17;/h4-5,8-10H,6-7,11-13H2,1-3H3,(H,22,23);1H. The van der Waals surface area contributed by atoms with E-state index in [1.165, 1.54) is 5.56 Å². The normalized spacial score (nSPS) is 16.5. The van der Waals surface area contributed by atoms with Gasteiger partial charge in [-0.2, -0.15) is 0 Å². The molecule has 1 N–H and O–H groups in total. The molecule has 6 nitrogen and oxygen atoms in total. The summed E-state index contributed by atoms with van der Waals surface area (Å²) in [6, 6.07) is 8.27. The van der Waals surface area contributed by atoms with Gasteiger partial charge in [0.25, 0.3) is 0 Å². The number of benzene rings is 1. The molecule has 1 saturated carbocycles. The van der Waals surface area contributed by atoms with E-state index in [-0.39, 0.29) is 29.4 Å². The van der Waals surface area contributed by atoms with Crippen molar-refractivity contribution in [3.8, 4) is 11.5 Å². The van der Waals surface area contributed by atoms with E-state index in [0.29, 0.717) is 6.79 Å². The van der Waals surface area contributed by atoms with Gasteiger partial charge in [0.2, 0.25) is 6.79 Å². The average Bonchev–Trinajstić information content (AvgIpc) is 3.17. The molecule has 1 aliphatic carbocycles. The molecule has 2 aromatic rings. The van der Waals surface area contributed by atoms with Crippen LogP contribution in [0.25, 0.3) is 0 Å². The second-order valence-corrected chi connectivity index (χ2v) is 7.80. The van der Waals surface area contributed by atoms with Crippen molar-refractivity contribution in [3.63, 3.8) is 0 Å². The first kappa shape index (κ1) is 21.1. The lowest BCUT2D eigenvalue weighted by atomic mass is 9.95. The number of hydrogen-bond acceptors (Lipinski definition) is 3. The number of aromatic nitrogens is 1. The minimum atomic E-state index is 0. The highest BCUT2D eigenvalue weighted by Crippen LogP contribution is 2.49. The summed E-state index contributed by atoms with van der Waals surface area (Å²) >= 11 is 6.10. The summed E-state index contributed by atoms with van der Waals surface area (Å²) in [5.41, 5.74) is 2.58. The van der Waals surface area contributed by atoms with Crippen LogP contribution in [-0.2, 0) is 19.0 Å². The zero-order valence-corrected chi connectivity index (χ0v) is 19.5. The lowest BCUT2D eigenvalue weighted by Gasteiger charge is -2.25. The minimum absolute atomic E-state index is 0. The second-order valence-electron chi connectivity index (χ2n) is 7.37. The van der Waals surface area contributed by atoms with Gasteiger partial charge in [0.1, 0.15) is 0 Å². The summed E-state index contributed by atoms with van der Waals surface area (Å²) in [5, 5.41) is 4.30. The van der Waals surface area contributed by atoms with Crippen LogP contribution in [0.2, 0.25) is 5.02 Å². The van der Waals surface area contributed by atoms with Gasteiger partial charge in [-0.1, -0.05) is 17.7 Å². The number of aryl methyl sites for hydroxylation is 1. The van der Waals surface area contributed by atoms with Crippen molar-refractivity contribution in [2.24, 2.45) is 12.0 Å². The maximum absolute atomic E-state index is 6.10. The fourth-order valence-electron chi connectivity index (χ4n) is 3.62. The van der Waals surface area contributed by atoms with Crippen LogP contribution < -0.4 is 14.8 Å². The Labute approximate surface area is 187 Å². The molecule has 8 heteroatoms. The van der Waals surface area contributed by atoms with Crippen molar-refractivity contribution in [1.29, 1.82) is 0 Å². The number of ether oxygens (including phenoxy) is 2. The molecule has 0 radical (unpaired) electrons. The van der Waals surface area contributed by atoms with Crippen LogP contribution >= 0.6 is 35.6 Å². The molecule has 0 spiro atoms. The number of nitrogens with one attached hydrogen (secondary N) is 1. The van der Waals surface area contributed by atoms with Crippen LogP contribution in [0, 0.1) is 0 Å². The molecule has 1 aromatic heterocycles. The minimum Gasteiger partial charge on any atom is -0.454 e. The van der Waals surface area contributed by atoms with E-state index in [2.05, 4.69) is 27.3 Å². The monoisotopic (exact) mass is 516 g/mol. The fraction of sp³-hybridized carbons (Fsp3) is 0.450. The van der Waals surface area contributed by atoms with E-state index in [0.717, 1.165) is 54.1 Å². The summed E-state index contributed by atoms with van der Waals surface area (Å²) in [7, 11) is 5.86. The number of nitrogens with zero attached hydrogens (tertiary/aromatic N) is 3. The summed E-state index contributed by atoms with van der Waals surface area (Å²) < 4.78 is 13.0. The van der Waals surface area contributed by atoms with Gasteiger partial charge in [-0.05, 0) is 36.6 Å². The Kier molecular flexibility index (Phi) is 6.34. The van der Waals surface area contributed by atoms with E-state index >= 15 is 0 Å². The Morgan fingerprint density at radius 2 is 2.04 bits per heavy atom. The molecule has 0 unspecified atom stereocenters. The average molecular weight is 517 g/mol. The van der Waals surface area contributed by atoms with E-state index in [4.69, 9.17) is 21.1 Å². The second kappa shape index (κ2) is 8.41. The van der Waals surface area contributed by atoms with Gasteiger partial charge < -0.3 is 24.3 Å². The van der Waals surface area contributed by atoms with Gasteiger partial charge in [-0.25, -0.2) is 0 Å². The first-order valence-corrected chi connectivity index (χ1v) is 9.51. The summed E-state index contributed by atoms with van der Waals surface area (Å²) in [6.07, 6.45) is 4.24. The zero-order chi connectivity index (χ0) is 19.0. The van der Waals surface area contributed by atoms with Crippen molar-refractivity contribution in [3.05, 3.63) is 46.7 Å². The lowest BCUT2D eigenvalue weighted by Crippen LogP contribution is -2.42. The fourth-order valence-corrected chi connectivity index (χ4v) is 3.89. The zero-order valence-electron chi connectivity index (χ0n) is 16.4. The molecule has 28 heavy (non-hydrogen) atoms. The third-order valence-electron chi connectivity index (χ3n) is 5.47. The number of rotatable bonds is 5. The Bertz CT molecular complexity index is 879. The maximum Gasteiger partial charge on any atom is 0.231 e. The van der Waals surface area contributed by atoms with E-state index in [9.17, 15) is 0 Å². The van der Waals surface area contributed by atoms with Gasteiger partial charge in [0.05, 0.1) is 11.6 Å². The highest BCUT2D eigenvalue weighted by molar-refractivity contribution is 14.0. The van der Waals surface area contributed by atoms with Crippen LogP contribution in [0.5, 0.6) is 11.5 Å². The molecule has 0 bridgehead atoms. The van der Waals surface area contributed by atoms with Crippen molar-refractivity contribution >= 4 is 41.5 Å². The van der Waals surface area contributed by atoms with Crippen LogP contribution in [0.4, 0.5) is 0 Å². The van der Waals surface area contributed by atoms with E-state index in [1.807, 2.05) is 44.0 Å². The Hall–Kier alpha value is -1.61. The number of halogens is 2. The Morgan fingerprint density at radius 3 is 2.68 bits per heavy atom. The largest absolute Gasteiger partial charge is 0.454 e. The topological polar surface area (TPSA) is 51.0 Å². The van der Waals surface area contributed by atoms with Gasteiger partial charge in [-0.3, -0.25) is 4.99 Å². The van der Waals surface area contributed by atoms with Crippen molar-refractivity contribution < 1.29 is 9.47 Å². The quantitative estimate of drug-likeness (QED) is 0.374. The van der Waals surface area contributed by atoms with E-state index < -0.39 is 0 Å². The van der Waals surface area contributed by atoms with Crippen LogP contribution in [0.1, 0.15) is 24.1 Å². The molecule has 1 fully saturated rings. The first-order chi connectivity index (χ1) is 13.0. The van der Waals surface area contributed by atoms with Crippen molar-refractivity contribution in [2.75, 3.05) is 27.4 Å². The van der Waals surface area contributed by atoms with Crippen LogP contribution in [0.15, 0.2) is 35.5 Å². The summed E-state index contributed by atoms with van der Waals surface area (Å²) in [6.45, 7) is 1.89. The molecule has 1 aliphatic heterocycles. The van der Waals surface area contributed by atoms with Gasteiger partial charge >= 0.3 is 0 Å². The number of hydrogen-bond donors (Lipinski definition) is 1. The molecule has 152 valence electrons. The highest BCUT2D eigenvalue weighted by atomic mass is 127. The third-order valence-corrected chi connectivity index (χ3v) is 5.68. The lowest BCUT2D eigenvalue weighted by molar-refractivity contribution is 0.174. The molecule has 2 aliphatic rings. The molecule has 0 atom stereocenters. The van der Waals surface area contributed by atoms with Gasteiger partial charge in [-0.15, -0.1) is 24.0 Å². The highest BCUT2D eigenvalue weighted by Gasteiger charge is 2.45. The SMILES string of the molecule is CN=C(NCC1(c2ccc3c(c2)OCO3)CC1)N(C)Cc1cc(Cl)cn1C.I. The molecular formula is C20H26ClIN4O2. The van der Waals surface area contributed by atoms with Gasteiger partial charge in [0.15, 0.2) is 17.5 Å². The third kappa shape index (κ3) is 4.20. The van der Waals surface area contributed by atoms with Crippen molar-refractivity contribution in [1.82, 2.24) is 14.8 Å². The Balaban J connectivity index is 0.00000225. The molecule has 0 amide bonds. The molecule has 4 rings (SSSR count). The Morgan fingerprint density at radius 1 is 1.29 bits per heavy atom. The van der Waals surface area contributed by atoms with Crippen LogP contribution in [0.3, 0.4) is 0 Å². The number of fused-ring (bicyclic) bond motifs is 1. The number of aliphatic imine (C=N–C) groups is 1. The first-order valence-electron chi connectivity index (χ1n) is 9.13. The van der Waals surface area contributed by atoms with Gasteiger partial charge in [0, 0.05) is 45.0 Å². The number of guanidine groups is 1. The predicted octanol–water partition coefficient (Wildman–Crippen LogP) is 3.76.